The van der Waals surface area contributed by atoms with Crippen LogP contribution in [0.2, 0.25) is 0 Å². The number of hydrogen-bond donors (Lipinski definition) is 0. The van der Waals surface area contributed by atoms with Gasteiger partial charge in [-0.1, -0.05) is 23.8 Å². The van der Waals surface area contributed by atoms with Crippen molar-refractivity contribution >= 4 is 35.0 Å². The number of esters is 1. The van der Waals surface area contributed by atoms with Gasteiger partial charge in [0.05, 0.1) is 18.1 Å². The number of nitrogens with zero attached hydrogens (tertiary/aromatic N) is 1. The van der Waals surface area contributed by atoms with E-state index in [2.05, 4.69) is 0 Å². The van der Waals surface area contributed by atoms with Gasteiger partial charge in [0, 0.05) is 6.92 Å². The Hall–Kier alpha value is -3.26. The average Bonchev–Trinajstić information content (AvgIpc) is 2.98. The lowest BCUT2D eigenvalue weighted by Crippen LogP contribution is -2.32. The first-order valence-electron chi connectivity index (χ1n) is 9.77. The number of carbonyl (C=O) groups excluding carboxylic acids is 3. The Morgan fingerprint density at radius 2 is 1.81 bits per heavy atom. The number of imide groups is 1. The summed E-state index contributed by atoms with van der Waals surface area (Å²) in [6.07, 6.45) is 1.62. The smallest absolute Gasteiger partial charge is 0.308 e. The standard InChI is InChI=1S/C23H23NO6S/c1-4-28-20-13-17(7-10-19(20)30-16(3)25)14-21-22(26)24(23(27)31-21)11-12-29-18-8-5-15(2)6-9-18/h5-10,13-14H,4,11-12H2,1-3H3/b21-14-. The number of ether oxygens (including phenoxy) is 3. The van der Waals surface area contributed by atoms with E-state index in [0.29, 0.717) is 34.3 Å². The monoisotopic (exact) mass is 441 g/mol. The normalized spacial score (nSPS) is 14.8. The summed E-state index contributed by atoms with van der Waals surface area (Å²) in [5.41, 5.74) is 1.78. The van der Waals surface area contributed by atoms with E-state index >= 15 is 0 Å². The van der Waals surface area contributed by atoms with Crippen LogP contribution in [0.4, 0.5) is 4.79 Å². The van der Waals surface area contributed by atoms with Gasteiger partial charge in [-0.3, -0.25) is 19.3 Å². The summed E-state index contributed by atoms with van der Waals surface area (Å²) in [5.74, 6) is 0.543. The predicted octanol–water partition coefficient (Wildman–Crippen LogP) is 4.43. The maximum atomic E-state index is 12.7. The van der Waals surface area contributed by atoms with Crippen molar-refractivity contribution in [1.82, 2.24) is 4.90 Å². The molecule has 2 aromatic carbocycles. The molecule has 0 unspecified atom stereocenters. The Morgan fingerprint density at radius 3 is 2.48 bits per heavy atom. The molecular formula is C23H23NO6S. The van der Waals surface area contributed by atoms with Gasteiger partial charge in [0.15, 0.2) is 11.5 Å². The Balaban J connectivity index is 1.68. The molecular weight excluding hydrogens is 418 g/mol. The van der Waals surface area contributed by atoms with Crippen LogP contribution < -0.4 is 14.2 Å². The highest BCUT2D eigenvalue weighted by atomic mass is 32.2. The molecule has 0 aliphatic carbocycles. The third-order valence-electron chi connectivity index (χ3n) is 4.30. The van der Waals surface area contributed by atoms with Crippen molar-refractivity contribution in [3.63, 3.8) is 0 Å². The molecule has 0 atom stereocenters. The van der Waals surface area contributed by atoms with E-state index in [1.54, 1.807) is 24.3 Å². The highest BCUT2D eigenvalue weighted by molar-refractivity contribution is 8.18. The van der Waals surface area contributed by atoms with Crippen molar-refractivity contribution in [2.45, 2.75) is 20.8 Å². The predicted molar refractivity (Wildman–Crippen MR) is 118 cm³/mol. The number of aryl methyl sites for hydroxylation is 1. The molecule has 2 aromatic rings. The number of carbonyl (C=O) groups is 3. The summed E-state index contributed by atoms with van der Waals surface area (Å²) in [4.78, 5) is 37.7. The van der Waals surface area contributed by atoms with Gasteiger partial charge < -0.3 is 14.2 Å². The quantitative estimate of drug-likeness (QED) is 0.340. The van der Waals surface area contributed by atoms with Crippen LogP contribution in [0.3, 0.4) is 0 Å². The minimum atomic E-state index is -0.456. The zero-order valence-electron chi connectivity index (χ0n) is 17.5. The molecule has 1 fully saturated rings. The molecule has 0 aromatic heterocycles. The lowest BCUT2D eigenvalue weighted by Gasteiger charge is -2.13. The summed E-state index contributed by atoms with van der Waals surface area (Å²) < 4.78 is 16.3. The zero-order chi connectivity index (χ0) is 22.4. The number of hydrogen-bond acceptors (Lipinski definition) is 7. The van der Waals surface area contributed by atoms with E-state index in [0.717, 1.165) is 17.3 Å². The molecule has 162 valence electrons. The van der Waals surface area contributed by atoms with E-state index in [1.165, 1.54) is 11.8 Å². The first kappa shape index (κ1) is 22.4. The Labute approximate surface area is 185 Å². The van der Waals surface area contributed by atoms with Crippen LogP contribution in [0.15, 0.2) is 47.4 Å². The van der Waals surface area contributed by atoms with Gasteiger partial charge in [0.25, 0.3) is 11.1 Å². The molecule has 2 amide bonds. The van der Waals surface area contributed by atoms with Crippen LogP contribution in [-0.2, 0) is 9.59 Å². The van der Waals surface area contributed by atoms with Crippen LogP contribution in [0.5, 0.6) is 17.2 Å². The summed E-state index contributed by atoms with van der Waals surface area (Å²) in [7, 11) is 0. The summed E-state index contributed by atoms with van der Waals surface area (Å²) in [6.45, 7) is 5.86. The minimum absolute atomic E-state index is 0.158. The summed E-state index contributed by atoms with van der Waals surface area (Å²) >= 11 is 0.876. The second kappa shape index (κ2) is 10.2. The second-order valence-corrected chi connectivity index (χ2v) is 7.72. The fraction of sp³-hybridized carbons (Fsp3) is 0.261. The molecule has 3 rings (SSSR count). The van der Waals surface area contributed by atoms with Gasteiger partial charge in [0.1, 0.15) is 12.4 Å². The van der Waals surface area contributed by atoms with Gasteiger partial charge in [-0.25, -0.2) is 0 Å². The van der Waals surface area contributed by atoms with Crippen molar-refractivity contribution in [3.05, 3.63) is 58.5 Å². The highest BCUT2D eigenvalue weighted by Gasteiger charge is 2.34. The fourth-order valence-electron chi connectivity index (χ4n) is 2.86. The van der Waals surface area contributed by atoms with E-state index < -0.39 is 5.97 Å². The molecule has 0 spiro atoms. The van der Waals surface area contributed by atoms with Crippen LogP contribution in [0.25, 0.3) is 6.08 Å². The van der Waals surface area contributed by atoms with Crippen molar-refractivity contribution < 1.29 is 28.6 Å². The number of thioether (sulfide) groups is 1. The Morgan fingerprint density at radius 1 is 1.06 bits per heavy atom. The van der Waals surface area contributed by atoms with Crippen LogP contribution >= 0.6 is 11.8 Å². The van der Waals surface area contributed by atoms with Crippen molar-refractivity contribution in [3.8, 4) is 17.2 Å². The topological polar surface area (TPSA) is 82.1 Å². The molecule has 0 saturated carbocycles. The first-order valence-corrected chi connectivity index (χ1v) is 10.6. The minimum Gasteiger partial charge on any atom is -0.492 e. The molecule has 31 heavy (non-hydrogen) atoms. The van der Waals surface area contributed by atoms with E-state index in [-0.39, 0.29) is 24.3 Å². The average molecular weight is 442 g/mol. The van der Waals surface area contributed by atoms with Crippen molar-refractivity contribution in [2.75, 3.05) is 19.8 Å². The number of benzene rings is 2. The highest BCUT2D eigenvalue weighted by Crippen LogP contribution is 2.34. The summed E-state index contributed by atoms with van der Waals surface area (Å²) in [6, 6.07) is 12.5. The van der Waals surface area contributed by atoms with Gasteiger partial charge in [-0.15, -0.1) is 0 Å². The van der Waals surface area contributed by atoms with E-state index in [9.17, 15) is 14.4 Å². The number of rotatable bonds is 8. The molecule has 7 nitrogen and oxygen atoms in total. The first-order chi connectivity index (χ1) is 14.9. The molecule has 1 heterocycles. The molecule has 1 aliphatic heterocycles. The van der Waals surface area contributed by atoms with Gasteiger partial charge in [-0.05, 0) is 61.5 Å². The second-order valence-electron chi connectivity index (χ2n) is 6.73. The van der Waals surface area contributed by atoms with Gasteiger partial charge in [0.2, 0.25) is 0 Å². The molecule has 1 aliphatic rings. The van der Waals surface area contributed by atoms with Crippen molar-refractivity contribution in [2.24, 2.45) is 0 Å². The Bertz CT molecular complexity index is 1020. The third-order valence-corrected chi connectivity index (χ3v) is 5.20. The Kier molecular flexibility index (Phi) is 7.36. The van der Waals surface area contributed by atoms with E-state index in [4.69, 9.17) is 14.2 Å². The maximum absolute atomic E-state index is 12.7. The molecule has 0 radical (unpaired) electrons. The zero-order valence-corrected chi connectivity index (χ0v) is 18.4. The van der Waals surface area contributed by atoms with Crippen LogP contribution in [0, 0.1) is 6.92 Å². The number of amides is 2. The van der Waals surface area contributed by atoms with Crippen LogP contribution in [0.1, 0.15) is 25.0 Å². The SMILES string of the molecule is CCOc1cc(/C=C2\SC(=O)N(CCOc3ccc(C)cc3)C2=O)ccc1OC(C)=O. The summed E-state index contributed by atoms with van der Waals surface area (Å²) in [5, 5.41) is -0.342. The lowest BCUT2D eigenvalue weighted by molar-refractivity contribution is -0.132. The molecule has 0 bridgehead atoms. The maximum Gasteiger partial charge on any atom is 0.308 e. The largest absolute Gasteiger partial charge is 0.492 e. The molecule has 1 saturated heterocycles. The van der Waals surface area contributed by atoms with Gasteiger partial charge >= 0.3 is 5.97 Å². The van der Waals surface area contributed by atoms with Gasteiger partial charge in [-0.2, -0.15) is 0 Å². The fourth-order valence-corrected chi connectivity index (χ4v) is 3.72. The lowest BCUT2D eigenvalue weighted by atomic mass is 10.2. The van der Waals surface area contributed by atoms with Crippen LogP contribution in [-0.4, -0.2) is 41.8 Å². The molecule has 0 N–H and O–H groups in total. The molecule has 8 heteroatoms. The van der Waals surface area contributed by atoms with Crippen molar-refractivity contribution in [1.29, 1.82) is 0 Å². The van der Waals surface area contributed by atoms with E-state index in [1.807, 2.05) is 38.1 Å². The third kappa shape index (κ3) is 5.88.